The second kappa shape index (κ2) is 6.39. The molecule has 2 aromatic carbocycles. The van der Waals surface area contributed by atoms with Gasteiger partial charge in [0.1, 0.15) is 11.6 Å². The van der Waals surface area contributed by atoms with E-state index in [1.807, 2.05) is 24.3 Å². The Morgan fingerprint density at radius 3 is 2.58 bits per heavy atom. The molecule has 100 valence electrons. The Morgan fingerprint density at radius 1 is 1.16 bits per heavy atom. The third-order valence-corrected chi connectivity index (χ3v) is 3.76. The van der Waals surface area contributed by atoms with Gasteiger partial charge in [0.25, 0.3) is 0 Å². The zero-order chi connectivity index (χ0) is 13.8. The molecule has 0 aliphatic rings. The standard InChI is InChI=1S/C14H12Br2FNO/c1-19-14-5-4-11(7-12(14)16)18-8-9-2-3-10(15)6-13(9)17/h2-7,18H,8H2,1H3. The van der Waals surface area contributed by atoms with E-state index in [0.717, 1.165) is 20.4 Å². The lowest BCUT2D eigenvalue weighted by Gasteiger charge is -2.10. The van der Waals surface area contributed by atoms with Gasteiger partial charge in [0.2, 0.25) is 0 Å². The second-order valence-electron chi connectivity index (χ2n) is 3.94. The van der Waals surface area contributed by atoms with E-state index in [4.69, 9.17) is 4.74 Å². The fraction of sp³-hybridized carbons (Fsp3) is 0.143. The first-order chi connectivity index (χ1) is 9.10. The van der Waals surface area contributed by atoms with Crippen LogP contribution in [0.2, 0.25) is 0 Å². The summed E-state index contributed by atoms with van der Waals surface area (Å²) in [5.41, 5.74) is 1.52. The van der Waals surface area contributed by atoms with Crippen LogP contribution in [-0.2, 0) is 6.54 Å². The fourth-order valence-electron chi connectivity index (χ4n) is 1.64. The third kappa shape index (κ3) is 3.70. The van der Waals surface area contributed by atoms with Gasteiger partial charge in [-0.25, -0.2) is 4.39 Å². The van der Waals surface area contributed by atoms with Crippen LogP contribution >= 0.6 is 31.9 Å². The lowest BCUT2D eigenvalue weighted by Crippen LogP contribution is -2.02. The number of halogens is 3. The van der Waals surface area contributed by atoms with E-state index in [-0.39, 0.29) is 5.82 Å². The van der Waals surface area contributed by atoms with Crippen LogP contribution in [0.5, 0.6) is 5.75 Å². The third-order valence-electron chi connectivity index (χ3n) is 2.65. The maximum absolute atomic E-state index is 13.7. The summed E-state index contributed by atoms with van der Waals surface area (Å²) < 4.78 is 20.4. The molecule has 0 radical (unpaired) electrons. The summed E-state index contributed by atoms with van der Waals surface area (Å²) in [5.74, 6) is 0.537. The molecule has 0 unspecified atom stereocenters. The molecule has 0 atom stereocenters. The molecule has 2 nitrogen and oxygen atoms in total. The molecule has 0 aliphatic carbocycles. The van der Waals surface area contributed by atoms with Crippen molar-refractivity contribution in [2.75, 3.05) is 12.4 Å². The molecule has 0 saturated carbocycles. The first-order valence-corrected chi connectivity index (χ1v) is 7.20. The first-order valence-electron chi connectivity index (χ1n) is 5.61. The summed E-state index contributed by atoms with van der Waals surface area (Å²) in [4.78, 5) is 0. The second-order valence-corrected chi connectivity index (χ2v) is 5.71. The molecule has 0 amide bonds. The Bertz CT molecular complexity index is 590. The highest BCUT2D eigenvalue weighted by Gasteiger charge is 2.04. The summed E-state index contributed by atoms with van der Waals surface area (Å²) in [6.07, 6.45) is 0. The number of anilines is 1. The largest absolute Gasteiger partial charge is 0.496 e. The Balaban J connectivity index is 2.08. The number of ether oxygens (including phenoxy) is 1. The molecule has 1 N–H and O–H groups in total. The molecule has 5 heteroatoms. The molecular formula is C14H12Br2FNO. The summed E-state index contributed by atoms with van der Waals surface area (Å²) >= 11 is 6.65. The number of hydrogen-bond acceptors (Lipinski definition) is 2. The molecule has 0 spiro atoms. The highest BCUT2D eigenvalue weighted by molar-refractivity contribution is 9.10. The van der Waals surface area contributed by atoms with E-state index >= 15 is 0 Å². The van der Waals surface area contributed by atoms with Crippen LogP contribution in [0.25, 0.3) is 0 Å². The van der Waals surface area contributed by atoms with Gasteiger partial charge in [0.15, 0.2) is 0 Å². The van der Waals surface area contributed by atoms with Crippen molar-refractivity contribution in [3.8, 4) is 5.75 Å². The number of methoxy groups -OCH3 is 1. The van der Waals surface area contributed by atoms with E-state index < -0.39 is 0 Å². The number of benzene rings is 2. The van der Waals surface area contributed by atoms with Gasteiger partial charge >= 0.3 is 0 Å². The van der Waals surface area contributed by atoms with Crippen molar-refractivity contribution in [1.29, 1.82) is 0 Å². The SMILES string of the molecule is COc1ccc(NCc2ccc(Br)cc2F)cc1Br. The van der Waals surface area contributed by atoms with Gasteiger partial charge in [0.05, 0.1) is 11.6 Å². The number of rotatable bonds is 4. The van der Waals surface area contributed by atoms with Crippen molar-refractivity contribution in [3.05, 3.63) is 56.7 Å². The summed E-state index contributed by atoms with van der Waals surface area (Å²) in [5, 5.41) is 3.17. The van der Waals surface area contributed by atoms with Crippen LogP contribution in [0.15, 0.2) is 45.3 Å². The predicted molar refractivity (Wildman–Crippen MR) is 82.1 cm³/mol. The van der Waals surface area contributed by atoms with E-state index in [1.165, 1.54) is 6.07 Å². The van der Waals surface area contributed by atoms with E-state index in [1.54, 1.807) is 13.2 Å². The quantitative estimate of drug-likeness (QED) is 0.798. The molecule has 0 aliphatic heterocycles. The average molecular weight is 389 g/mol. The molecular weight excluding hydrogens is 377 g/mol. The normalized spacial score (nSPS) is 10.3. The van der Waals surface area contributed by atoms with Crippen molar-refractivity contribution >= 4 is 37.5 Å². The van der Waals surface area contributed by atoms with Crippen LogP contribution in [0.1, 0.15) is 5.56 Å². The van der Waals surface area contributed by atoms with Crippen molar-refractivity contribution in [2.45, 2.75) is 6.54 Å². The lowest BCUT2D eigenvalue weighted by molar-refractivity contribution is 0.412. The topological polar surface area (TPSA) is 21.3 Å². The van der Waals surface area contributed by atoms with Gasteiger partial charge in [-0.2, -0.15) is 0 Å². The molecule has 2 aromatic rings. The van der Waals surface area contributed by atoms with Crippen molar-refractivity contribution in [3.63, 3.8) is 0 Å². The van der Waals surface area contributed by atoms with Gasteiger partial charge in [0, 0.05) is 22.3 Å². The highest BCUT2D eigenvalue weighted by atomic mass is 79.9. The van der Waals surface area contributed by atoms with Gasteiger partial charge in [-0.15, -0.1) is 0 Å². The Morgan fingerprint density at radius 2 is 1.95 bits per heavy atom. The van der Waals surface area contributed by atoms with Crippen LogP contribution in [0, 0.1) is 5.82 Å². The molecule has 0 heterocycles. The van der Waals surface area contributed by atoms with Crippen LogP contribution in [-0.4, -0.2) is 7.11 Å². The molecule has 0 bridgehead atoms. The lowest BCUT2D eigenvalue weighted by atomic mass is 10.2. The van der Waals surface area contributed by atoms with Gasteiger partial charge < -0.3 is 10.1 Å². The minimum Gasteiger partial charge on any atom is -0.496 e. The summed E-state index contributed by atoms with van der Waals surface area (Å²) in [7, 11) is 1.62. The van der Waals surface area contributed by atoms with Gasteiger partial charge in [-0.3, -0.25) is 0 Å². The maximum Gasteiger partial charge on any atom is 0.133 e. The Kier molecular flexibility index (Phi) is 4.82. The van der Waals surface area contributed by atoms with Crippen LogP contribution < -0.4 is 10.1 Å². The Hall–Kier alpha value is -1.07. The fourth-order valence-corrected chi connectivity index (χ4v) is 2.51. The average Bonchev–Trinajstić information content (AvgIpc) is 2.38. The minimum absolute atomic E-state index is 0.227. The smallest absolute Gasteiger partial charge is 0.133 e. The summed E-state index contributed by atoms with van der Waals surface area (Å²) in [6, 6.07) is 10.7. The van der Waals surface area contributed by atoms with E-state index in [2.05, 4.69) is 37.2 Å². The monoisotopic (exact) mass is 387 g/mol. The molecule has 0 fully saturated rings. The van der Waals surface area contributed by atoms with Gasteiger partial charge in [-0.05, 0) is 46.3 Å². The van der Waals surface area contributed by atoms with Crippen molar-refractivity contribution in [2.24, 2.45) is 0 Å². The Labute approximate surface area is 128 Å². The minimum atomic E-state index is -0.227. The molecule has 19 heavy (non-hydrogen) atoms. The molecule has 2 rings (SSSR count). The van der Waals surface area contributed by atoms with Crippen LogP contribution in [0.4, 0.5) is 10.1 Å². The van der Waals surface area contributed by atoms with Crippen molar-refractivity contribution < 1.29 is 9.13 Å². The summed E-state index contributed by atoms with van der Waals surface area (Å²) in [6.45, 7) is 0.428. The zero-order valence-corrected chi connectivity index (χ0v) is 13.4. The maximum atomic E-state index is 13.7. The van der Waals surface area contributed by atoms with Crippen molar-refractivity contribution in [1.82, 2.24) is 0 Å². The van der Waals surface area contributed by atoms with E-state index in [0.29, 0.717) is 12.1 Å². The molecule has 0 aromatic heterocycles. The number of nitrogens with one attached hydrogen (secondary N) is 1. The predicted octanol–water partition coefficient (Wildman–Crippen LogP) is 4.97. The van der Waals surface area contributed by atoms with E-state index in [9.17, 15) is 4.39 Å². The molecule has 0 saturated heterocycles. The zero-order valence-electron chi connectivity index (χ0n) is 10.2. The van der Waals surface area contributed by atoms with Crippen LogP contribution in [0.3, 0.4) is 0 Å². The first kappa shape index (κ1) is 14.3. The highest BCUT2D eigenvalue weighted by Crippen LogP contribution is 2.28. The number of hydrogen-bond donors (Lipinski definition) is 1. The van der Waals surface area contributed by atoms with Gasteiger partial charge in [-0.1, -0.05) is 22.0 Å².